The molecule has 0 radical (unpaired) electrons. The summed E-state index contributed by atoms with van der Waals surface area (Å²) in [6, 6.07) is -0.0645. The number of allylic oxidation sites excluding steroid dienone is 5. The minimum Gasteiger partial charge on any atom is -0.345 e. The van der Waals surface area contributed by atoms with Crippen molar-refractivity contribution in [3.8, 4) is 0 Å². The third kappa shape index (κ3) is 10.6. The maximum atomic E-state index is 12.3. The first-order valence-corrected chi connectivity index (χ1v) is 8.91. The van der Waals surface area contributed by atoms with Crippen molar-refractivity contribution in [2.45, 2.75) is 66.0 Å². The van der Waals surface area contributed by atoms with Crippen molar-refractivity contribution in [3.63, 3.8) is 0 Å². The predicted octanol–water partition coefficient (Wildman–Crippen LogP) is 3.06. The minimum absolute atomic E-state index is 0.0645. The van der Waals surface area contributed by atoms with Crippen LogP contribution in [0.3, 0.4) is 0 Å². The zero-order valence-corrected chi connectivity index (χ0v) is 16.8. The first-order chi connectivity index (χ1) is 11.6. The van der Waals surface area contributed by atoms with Crippen LogP contribution in [0.2, 0.25) is 0 Å². The standard InChI is InChI=1S/C20H35N3O2/c1-8-10-12-16(11-9-2)22-18(24)19(25)23-17(13-15(3)4)14-20(5,6)21-7/h8-12,15,17,21H,13-14H2,1-7H3,(H,22,24)(H,23,25)/b10-8+,11-9-,16-12+. The van der Waals surface area contributed by atoms with Gasteiger partial charge in [0.2, 0.25) is 0 Å². The van der Waals surface area contributed by atoms with Gasteiger partial charge in [0, 0.05) is 17.3 Å². The molecule has 0 rings (SSSR count). The van der Waals surface area contributed by atoms with Crippen LogP contribution in [0.15, 0.2) is 36.1 Å². The van der Waals surface area contributed by atoms with Crippen molar-refractivity contribution < 1.29 is 9.59 Å². The Bertz CT molecular complexity index is 517. The van der Waals surface area contributed by atoms with Crippen molar-refractivity contribution in [2.75, 3.05) is 7.05 Å². The van der Waals surface area contributed by atoms with E-state index in [0.29, 0.717) is 11.6 Å². The second-order valence-electron chi connectivity index (χ2n) is 7.24. The molecule has 25 heavy (non-hydrogen) atoms. The van der Waals surface area contributed by atoms with Crippen molar-refractivity contribution >= 4 is 11.8 Å². The molecule has 0 aliphatic rings. The molecule has 0 aromatic heterocycles. The minimum atomic E-state index is -0.648. The molecule has 142 valence electrons. The smallest absolute Gasteiger partial charge is 0.313 e. The molecule has 0 fully saturated rings. The third-order valence-electron chi connectivity index (χ3n) is 3.80. The average molecular weight is 350 g/mol. The van der Waals surface area contributed by atoms with E-state index >= 15 is 0 Å². The Morgan fingerprint density at radius 1 is 1.08 bits per heavy atom. The number of hydrogen-bond acceptors (Lipinski definition) is 3. The van der Waals surface area contributed by atoms with Gasteiger partial charge in [-0.15, -0.1) is 0 Å². The molecular formula is C20H35N3O2. The molecule has 0 saturated heterocycles. The molecule has 5 nitrogen and oxygen atoms in total. The van der Waals surface area contributed by atoms with Gasteiger partial charge >= 0.3 is 11.8 Å². The zero-order chi connectivity index (χ0) is 19.5. The van der Waals surface area contributed by atoms with E-state index in [4.69, 9.17) is 0 Å². The predicted molar refractivity (Wildman–Crippen MR) is 105 cm³/mol. The summed E-state index contributed by atoms with van der Waals surface area (Å²) in [5.41, 5.74) is 0.460. The highest BCUT2D eigenvalue weighted by Gasteiger charge is 2.25. The Morgan fingerprint density at radius 3 is 2.20 bits per heavy atom. The van der Waals surface area contributed by atoms with Gasteiger partial charge < -0.3 is 16.0 Å². The summed E-state index contributed by atoms with van der Waals surface area (Å²) in [6.07, 6.45) is 10.5. The molecule has 0 aliphatic carbocycles. The van der Waals surface area contributed by atoms with E-state index in [9.17, 15) is 9.59 Å². The second-order valence-corrected chi connectivity index (χ2v) is 7.24. The lowest BCUT2D eigenvalue weighted by molar-refractivity contribution is -0.139. The second kappa shape index (κ2) is 11.6. The van der Waals surface area contributed by atoms with Gasteiger partial charge in [-0.05, 0) is 65.7 Å². The lowest BCUT2D eigenvalue weighted by Crippen LogP contribution is -2.49. The largest absolute Gasteiger partial charge is 0.345 e. The molecule has 5 heteroatoms. The Labute approximate surface area is 153 Å². The number of rotatable bonds is 9. The van der Waals surface area contributed by atoms with Crippen LogP contribution in [-0.2, 0) is 9.59 Å². The summed E-state index contributed by atoms with van der Waals surface area (Å²) in [5, 5.41) is 8.77. The third-order valence-corrected chi connectivity index (χ3v) is 3.80. The maximum absolute atomic E-state index is 12.3. The summed E-state index contributed by atoms with van der Waals surface area (Å²) in [4.78, 5) is 24.5. The van der Waals surface area contributed by atoms with Crippen molar-refractivity contribution in [3.05, 3.63) is 36.1 Å². The van der Waals surface area contributed by atoms with E-state index in [1.54, 1.807) is 12.2 Å². The van der Waals surface area contributed by atoms with Crippen LogP contribution in [-0.4, -0.2) is 30.4 Å². The van der Waals surface area contributed by atoms with Crippen LogP contribution in [0, 0.1) is 5.92 Å². The molecule has 3 N–H and O–H groups in total. The van der Waals surface area contributed by atoms with Gasteiger partial charge in [0.05, 0.1) is 0 Å². The Hall–Kier alpha value is -1.88. The SMILES string of the molecule is C\C=C/C(=C\C=C\C)NC(=O)C(=O)NC(CC(C)C)CC(C)(C)NC. The normalized spacial score (nSPS) is 14.3. The number of carbonyl (C=O) groups is 2. The van der Waals surface area contributed by atoms with Crippen LogP contribution < -0.4 is 16.0 Å². The van der Waals surface area contributed by atoms with Gasteiger partial charge in [-0.1, -0.05) is 32.1 Å². The quantitative estimate of drug-likeness (QED) is 0.442. The van der Waals surface area contributed by atoms with E-state index in [1.165, 1.54) is 0 Å². The van der Waals surface area contributed by atoms with Gasteiger partial charge in [0.15, 0.2) is 0 Å². The monoisotopic (exact) mass is 349 g/mol. The molecule has 0 bridgehead atoms. The summed E-state index contributed by atoms with van der Waals surface area (Å²) < 4.78 is 0. The Kier molecular flexibility index (Phi) is 10.8. The summed E-state index contributed by atoms with van der Waals surface area (Å²) in [7, 11) is 1.90. The van der Waals surface area contributed by atoms with Crippen LogP contribution in [0.4, 0.5) is 0 Å². The number of hydrogen-bond donors (Lipinski definition) is 3. The highest BCUT2D eigenvalue weighted by Crippen LogP contribution is 2.16. The lowest BCUT2D eigenvalue weighted by Gasteiger charge is -2.30. The maximum Gasteiger partial charge on any atom is 0.313 e. The van der Waals surface area contributed by atoms with Crippen molar-refractivity contribution in [1.29, 1.82) is 0 Å². The summed E-state index contributed by atoms with van der Waals surface area (Å²) >= 11 is 0. The number of carbonyl (C=O) groups excluding carboxylic acids is 2. The van der Waals surface area contributed by atoms with Gasteiger partial charge in [0.1, 0.15) is 0 Å². The summed E-state index contributed by atoms with van der Waals surface area (Å²) in [5.74, 6) is -0.826. The van der Waals surface area contributed by atoms with Crippen molar-refractivity contribution in [1.82, 2.24) is 16.0 Å². The fourth-order valence-electron chi connectivity index (χ4n) is 2.44. The summed E-state index contributed by atoms with van der Waals surface area (Å²) in [6.45, 7) is 12.1. The van der Waals surface area contributed by atoms with E-state index in [1.807, 2.05) is 39.1 Å². The fraction of sp³-hybridized carbons (Fsp3) is 0.600. The van der Waals surface area contributed by atoms with Crippen LogP contribution in [0.5, 0.6) is 0 Å². The van der Waals surface area contributed by atoms with E-state index in [2.05, 4.69) is 43.6 Å². The van der Waals surface area contributed by atoms with Crippen LogP contribution in [0.25, 0.3) is 0 Å². The highest BCUT2D eigenvalue weighted by atomic mass is 16.2. The molecule has 1 atom stereocenters. The zero-order valence-electron chi connectivity index (χ0n) is 16.8. The molecule has 0 aliphatic heterocycles. The molecular weight excluding hydrogens is 314 g/mol. The van der Waals surface area contributed by atoms with E-state index in [0.717, 1.165) is 12.8 Å². The molecule has 0 saturated carbocycles. The van der Waals surface area contributed by atoms with Gasteiger partial charge in [-0.3, -0.25) is 9.59 Å². The molecule has 2 amide bonds. The number of nitrogens with one attached hydrogen (secondary N) is 3. The lowest BCUT2D eigenvalue weighted by atomic mass is 9.90. The first kappa shape index (κ1) is 23.1. The first-order valence-electron chi connectivity index (χ1n) is 8.91. The molecule has 0 aromatic rings. The Balaban J connectivity index is 4.99. The molecule has 0 aromatic carbocycles. The molecule has 0 heterocycles. The van der Waals surface area contributed by atoms with E-state index in [-0.39, 0.29) is 11.6 Å². The van der Waals surface area contributed by atoms with Crippen LogP contribution >= 0.6 is 0 Å². The number of amides is 2. The van der Waals surface area contributed by atoms with Gasteiger partial charge in [0.25, 0.3) is 0 Å². The van der Waals surface area contributed by atoms with Gasteiger partial charge in [-0.2, -0.15) is 0 Å². The average Bonchev–Trinajstić information content (AvgIpc) is 2.51. The highest BCUT2D eigenvalue weighted by molar-refractivity contribution is 6.35. The topological polar surface area (TPSA) is 70.2 Å². The molecule has 1 unspecified atom stereocenters. The fourth-order valence-corrected chi connectivity index (χ4v) is 2.44. The van der Waals surface area contributed by atoms with Gasteiger partial charge in [-0.25, -0.2) is 0 Å². The Morgan fingerprint density at radius 2 is 1.72 bits per heavy atom. The van der Waals surface area contributed by atoms with Crippen molar-refractivity contribution in [2.24, 2.45) is 5.92 Å². The van der Waals surface area contributed by atoms with Crippen LogP contribution in [0.1, 0.15) is 54.4 Å². The molecule has 0 spiro atoms. The van der Waals surface area contributed by atoms with E-state index < -0.39 is 11.8 Å².